The summed E-state index contributed by atoms with van der Waals surface area (Å²) in [4.78, 5) is 35.4. The molecule has 0 aromatic heterocycles. The highest BCUT2D eigenvalue weighted by atomic mass is 31.2. The molecular formula is C53H91NO8P+. The minimum absolute atomic E-state index is 0.0187. The summed E-state index contributed by atoms with van der Waals surface area (Å²) in [5.41, 5.74) is 0. The molecule has 0 bridgehead atoms. The molecule has 0 aromatic carbocycles. The van der Waals surface area contributed by atoms with Gasteiger partial charge >= 0.3 is 19.8 Å². The number of hydrogen-bond donors (Lipinski definition) is 1. The van der Waals surface area contributed by atoms with E-state index >= 15 is 0 Å². The molecule has 0 aliphatic rings. The highest BCUT2D eigenvalue weighted by molar-refractivity contribution is 7.47. The number of allylic oxidation sites excluding steroid dienone is 16. The topological polar surface area (TPSA) is 108 Å². The first-order valence-electron chi connectivity index (χ1n) is 24.5. The summed E-state index contributed by atoms with van der Waals surface area (Å²) >= 11 is 0. The number of phosphoric ester groups is 1. The number of phosphoric acid groups is 1. The van der Waals surface area contributed by atoms with Gasteiger partial charge in [-0.15, -0.1) is 0 Å². The van der Waals surface area contributed by atoms with Crippen LogP contribution in [0.4, 0.5) is 0 Å². The minimum atomic E-state index is -4.39. The van der Waals surface area contributed by atoms with Crippen molar-refractivity contribution in [2.45, 2.75) is 180 Å². The molecule has 0 aliphatic carbocycles. The molecule has 0 aliphatic heterocycles. The number of carbonyl (C=O) groups excluding carboxylic acids is 2. The van der Waals surface area contributed by atoms with Crippen LogP contribution < -0.4 is 0 Å². The molecule has 0 radical (unpaired) electrons. The summed E-state index contributed by atoms with van der Waals surface area (Å²) in [5.74, 6) is -0.856. The van der Waals surface area contributed by atoms with Crippen molar-refractivity contribution in [3.63, 3.8) is 0 Å². The van der Waals surface area contributed by atoms with Gasteiger partial charge in [-0.2, -0.15) is 0 Å². The Labute approximate surface area is 385 Å². The number of esters is 2. The normalized spacial score (nSPS) is 14.3. The Hall–Kier alpha value is -3.07. The summed E-state index contributed by atoms with van der Waals surface area (Å²) in [5, 5.41) is 0. The molecule has 10 heteroatoms. The molecule has 0 rings (SSSR count). The van der Waals surface area contributed by atoms with E-state index < -0.39 is 26.5 Å². The van der Waals surface area contributed by atoms with Gasteiger partial charge in [-0.05, 0) is 77.0 Å². The zero-order valence-corrected chi connectivity index (χ0v) is 41.4. The van der Waals surface area contributed by atoms with Crippen LogP contribution in [-0.2, 0) is 32.7 Å². The summed E-state index contributed by atoms with van der Waals surface area (Å²) in [7, 11) is 1.43. The maximum atomic E-state index is 12.7. The molecular weight excluding hydrogens is 810 g/mol. The SMILES string of the molecule is CC/C=C\C/C=C\C/C=C\C/C=C\C/C=C\C/C=C\C/C=C\C/C=C\CCCCC(=O)OC(COC(=O)CCCCCCCCCCCCCC)COP(=O)(O)OCC[N+](C)(C)C. The Kier molecular flexibility index (Phi) is 42.0. The molecule has 0 saturated heterocycles. The van der Waals surface area contributed by atoms with E-state index in [1.165, 1.54) is 57.8 Å². The van der Waals surface area contributed by atoms with Crippen LogP contribution in [0.15, 0.2) is 97.2 Å². The number of hydrogen-bond acceptors (Lipinski definition) is 7. The van der Waals surface area contributed by atoms with Crippen molar-refractivity contribution < 1.29 is 42.1 Å². The highest BCUT2D eigenvalue weighted by Gasteiger charge is 2.27. The van der Waals surface area contributed by atoms with E-state index in [1.54, 1.807) is 0 Å². The monoisotopic (exact) mass is 901 g/mol. The number of likely N-dealkylation sites (N-methyl/N-ethyl adjacent to an activating group) is 1. The Bertz CT molecular complexity index is 1390. The smallest absolute Gasteiger partial charge is 0.462 e. The zero-order valence-electron chi connectivity index (χ0n) is 40.5. The molecule has 2 atom stereocenters. The van der Waals surface area contributed by atoms with Crippen molar-refractivity contribution in [1.29, 1.82) is 0 Å². The van der Waals surface area contributed by atoms with E-state index in [9.17, 15) is 19.0 Å². The van der Waals surface area contributed by atoms with Crippen LogP contribution in [0, 0.1) is 0 Å². The third-order valence-corrected chi connectivity index (χ3v) is 10.9. The number of carbonyl (C=O) groups is 2. The average Bonchev–Trinajstić information content (AvgIpc) is 3.24. The van der Waals surface area contributed by atoms with Crippen LogP contribution in [0.5, 0.6) is 0 Å². The maximum Gasteiger partial charge on any atom is 0.472 e. The van der Waals surface area contributed by atoms with E-state index in [-0.39, 0.29) is 32.0 Å². The first kappa shape index (κ1) is 59.9. The second-order valence-electron chi connectivity index (χ2n) is 17.1. The van der Waals surface area contributed by atoms with Gasteiger partial charge in [0.2, 0.25) is 0 Å². The first-order chi connectivity index (χ1) is 30.5. The van der Waals surface area contributed by atoms with Crippen molar-refractivity contribution in [2.75, 3.05) is 47.5 Å². The zero-order chi connectivity index (χ0) is 46.4. The third kappa shape index (κ3) is 48.2. The maximum absolute atomic E-state index is 12.7. The van der Waals surface area contributed by atoms with Gasteiger partial charge in [-0.3, -0.25) is 18.6 Å². The molecule has 9 nitrogen and oxygen atoms in total. The standard InChI is InChI=1S/C53H90NO8P/c1-6-8-10-12-14-16-18-20-21-22-23-24-25-26-27-28-29-30-31-32-33-34-36-38-40-42-44-46-53(56)62-51(50-61-63(57,58)60-48-47-54(3,4)5)49-59-52(55)45-43-41-39-37-35-19-17-15-13-11-9-7-2/h8,10,14,16,20-21,23-24,26-27,29-30,32-33,36,38,51H,6-7,9,11-13,15,17-19,22,25,28,31,34-35,37,39-50H2,1-5H3/p+1/b10-8-,16-14-,21-20-,24-23-,27-26-,30-29-,33-32-,38-36-. The molecule has 0 aromatic rings. The summed E-state index contributed by atoms with van der Waals surface area (Å²) in [6.45, 7) is 4.24. The summed E-state index contributed by atoms with van der Waals surface area (Å²) in [6.07, 6.45) is 58.9. The quantitative estimate of drug-likeness (QED) is 0.0212. The Morgan fingerprint density at radius 3 is 1.35 bits per heavy atom. The Balaban J connectivity index is 4.37. The molecule has 0 saturated carbocycles. The van der Waals surface area contributed by atoms with Crippen molar-refractivity contribution in [3.05, 3.63) is 97.2 Å². The average molecular weight is 901 g/mol. The van der Waals surface area contributed by atoms with Crippen molar-refractivity contribution in [3.8, 4) is 0 Å². The van der Waals surface area contributed by atoms with Gasteiger partial charge in [0.15, 0.2) is 6.10 Å². The molecule has 1 N–H and O–H groups in total. The van der Waals surface area contributed by atoms with E-state index in [0.717, 1.165) is 83.5 Å². The summed E-state index contributed by atoms with van der Waals surface area (Å²) < 4.78 is 34.3. The predicted octanol–water partition coefficient (Wildman–Crippen LogP) is 14.5. The Morgan fingerprint density at radius 1 is 0.508 bits per heavy atom. The van der Waals surface area contributed by atoms with Crippen LogP contribution in [-0.4, -0.2) is 74.9 Å². The number of quaternary nitrogens is 1. The minimum Gasteiger partial charge on any atom is -0.462 e. The van der Waals surface area contributed by atoms with Gasteiger partial charge in [0.05, 0.1) is 27.7 Å². The van der Waals surface area contributed by atoms with Crippen LogP contribution in [0.2, 0.25) is 0 Å². The predicted molar refractivity (Wildman–Crippen MR) is 265 cm³/mol. The highest BCUT2D eigenvalue weighted by Crippen LogP contribution is 2.43. The lowest BCUT2D eigenvalue weighted by Crippen LogP contribution is -2.37. The number of rotatable bonds is 43. The number of ether oxygens (including phenoxy) is 2. The van der Waals surface area contributed by atoms with Crippen molar-refractivity contribution >= 4 is 19.8 Å². The largest absolute Gasteiger partial charge is 0.472 e. The van der Waals surface area contributed by atoms with Gasteiger partial charge in [0.1, 0.15) is 19.8 Å². The molecule has 0 spiro atoms. The lowest BCUT2D eigenvalue weighted by Gasteiger charge is -2.24. The van der Waals surface area contributed by atoms with Crippen molar-refractivity contribution in [2.24, 2.45) is 0 Å². The van der Waals surface area contributed by atoms with Crippen LogP contribution >= 0.6 is 7.82 Å². The van der Waals surface area contributed by atoms with Gasteiger partial charge < -0.3 is 18.9 Å². The van der Waals surface area contributed by atoms with E-state index in [1.807, 2.05) is 21.1 Å². The second-order valence-corrected chi connectivity index (χ2v) is 18.6. The second kappa shape index (κ2) is 44.1. The lowest BCUT2D eigenvalue weighted by atomic mass is 10.0. The number of unbranched alkanes of at least 4 members (excludes halogenated alkanes) is 13. The lowest BCUT2D eigenvalue weighted by molar-refractivity contribution is -0.870. The van der Waals surface area contributed by atoms with E-state index in [0.29, 0.717) is 17.4 Å². The summed E-state index contributed by atoms with van der Waals surface area (Å²) in [6, 6.07) is 0. The van der Waals surface area contributed by atoms with Gasteiger partial charge in [0, 0.05) is 12.8 Å². The molecule has 0 fully saturated rings. The van der Waals surface area contributed by atoms with Gasteiger partial charge in [0.25, 0.3) is 0 Å². The van der Waals surface area contributed by atoms with Crippen molar-refractivity contribution in [1.82, 2.24) is 0 Å². The molecule has 0 amide bonds. The fraction of sp³-hybridized carbons (Fsp3) is 0.660. The van der Waals surface area contributed by atoms with Gasteiger partial charge in [-0.25, -0.2) is 4.57 Å². The first-order valence-corrected chi connectivity index (χ1v) is 26.0. The molecule has 2 unspecified atom stereocenters. The van der Waals surface area contributed by atoms with Gasteiger partial charge in [-0.1, -0.05) is 182 Å². The fourth-order valence-electron chi connectivity index (χ4n) is 6.09. The number of nitrogens with zero attached hydrogens (tertiary/aromatic N) is 1. The molecule has 0 heterocycles. The molecule has 63 heavy (non-hydrogen) atoms. The van der Waals surface area contributed by atoms with Crippen LogP contribution in [0.25, 0.3) is 0 Å². The molecule has 360 valence electrons. The van der Waals surface area contributed by atoms with E-state index in [4.69, 9.17) is 18.5 Å². The van der Waals surface area contributed by atoms with Crippen LogP contribution in [0.3, 0.4) is 0 Å². The van der Waals surface area contributed by atoms with Crippen LogP contribution in [0.1, 0.15) is 174 Å². The fourth-order valence-corrected chi connectivity index (χ4v) is 6.83. The van der Waals surface area contributed by atoms with E-state index in [2.05, 4.69) is 111 Å². The Morgan fingerprint density at radius 2 is 0.905 bits per heavy atom. The third-order valence-electron chi connectivity index (χ3n) is 9.88.